The summed E-state index contributed by atoms with van der Waals surface area (Å²) in [5.74, 6) is 6.74. The monoisotopic (exact) mass is 311 g/mol. The molecule has 2 aromatic heterocycles. The number of nitrogens with zero attached hydrogens (tertiary/aromatic N) is 2. The fourth-order valence-corrected chi connectivity index (χ4v) is 3.72. The molecule has 0 saturated carbocycles. The lowest BCUT2D eigenvalue weighted by Gasteiger charge is -2.30. The Morgan fingerprint density at radius 3 is 2.70 bits per heavy atom. The van der Waals surface area contributed by atoms with E-state index >= 15 is 0 Å². The van der Waals surface area contributed by atoms with Crippen LogP contribution in [0, 0.1) is 0 Å². The third-order valence-electron chi connectivity index (χ3n) is 3.75. The van der Waals surface area contributed by atoms with Crippen LogP contribution < -0.4 is 16.6 Å². The van der Waals surface area contributed by atoms with E-state index in [1.54, 1.807) is 11.3 Å². The van der Waals surface area contributed by atoms with E-state index in [1.165, 1.54) is 0 Å². The zero-order valence-corrected chi connectivity index (χ0v) is 13.7. The molecule has 0 aliphatic heterocycles. The maximum atomic E-state index is 5.44. The Bertz CT molecular complexity index is 557. The van der Waals surface area contributed by atoms with Crippen molar-refractivity contribution in [3.63, 3.8) is 0 Å². The highest BCUT2D eigenvalue weighted by atomic mass is 32.2. The minimum absolute atomic E-state index is 0.240. The molecule has 2 rings (SSSR count). The average Bonchev–Trinajstić information content (AvgIpc) is 2.97. The van der Waals surface area contributed by atoms with Crippen LogP contribution in [-0.4, -0.2) is 27.5 Å². The standard InChI is InChI=1S/C13H21N5S2/c1-4-13(5-2,19-3)8-15-10-9-6-7-20-11(9)17-12(16-10)18-14/h6-7H,4-5,8,14H2,1-3H3,(H2,15,16,17,18). The number of rotatable bonds is 7. The van der Waals surface area contributed by atoms with E-state index in [0.29, 0.717) is 5.95 Å². The van der Waals surface area contributed by atoms with Gasteiger partial charge in [0.2, 0.25) is 5.95 Å². The Morgan fingerprint density at radius 1 is 1.35 bits per heavy atom. The Labute approximate surface area is 127 Å². The number of nitrogens with two attached hydrogens (primary N) is 1. The van der Waals surface area contributed by atoms with E-state index in [9.17, 15) is 0 Å². The van der Waals surface area contributed by atoms with Crippen molar-refractivity contribution in [2.24, 2.45) is 5.84 Å². The van der Waals surface area contributed by atoms with Gasteiger partial charge in [0, 0.05) is 11.3 Å². The molecule has 0 fully saturated rings. The molecule has 0 aliphatic carbocycles. The maximum Gasteiger partial charge on any atom is 0.240 e. The lowest BCUT2D eigenvalue weighted by Crippen LogP contribution is -2.32. The lowest BCUT2D eigenvalue weighted by atomic mass is 10.0. The second kappa shape index (κ2) is 6.60. The van der Waals surface area contributed by atoms with Crippen LogP contribution >= 0.6 is 23.1 Å². The van der Waals surface area contributed by atoms with Crippen LogP contribution in [0.5, 0.6) is 0 Å². The smallest absolute Gasteiger partial charge is 0.240 e. The second-order valence-electron chi connectivity index (χ2n) is 4.63. The largest absolute Gasteiger partial charge is 0.368 e. The Morgan fingerprint density at radius 2 is 2.10 bits per heavy atom. The van der Waals surface area contributed by atoms with Crippen molar-refractivity contribution >= 4 is 45.1 Å². The second-order valence-corrected chi connectivity index (χ2v) is 6.80. The molecular weight excluding hydrogens is 290 g/mol. The minimum atomic E-state index is 0.240. The first-order valence-electron chi connectivity index (χ1n) is 6.69. The molecule has 0 atom stereocenters. The van der Waals surface area contributed by atoms with Gasteiger partial charge in [0.25, 0.3) is 0 Å². The summed E-state index contributed by atoms with van der Waals surface area (Å²) >= 11 is 3.50. The SMILES string of the molecule is CCC(CC)(CNc1nc(NN)nc2sccc12)SC. The highest BCUT2D eigenvalue weighted by Gasteiger charge is 2.25. The normalized spacial score (nSPS) is 11.8. The number of hydrogen-bond acceptors (Lipinski definition) is 7. The molecule has 5 nitrogen and oxygen atoms in total. The van der Waals surface area contributed by atoms with Crippen molar-refractivity contribution in [1.29, 1.82) is 0 Å². The van der Waals surface area contributed by atoms with Crippen LogP contribution in [0.25, 0.3) is 10.2 Å². The van der Waals surface area contributed by atoms with Gasteiger partial charge in [-0.15, -0.1) is 11.3 Å². The van der Waals surface area contributed by atoms with Crippen LogP contribution in [0.1, 0.15) is 26.7 Å². The highest BCUT2D eigenvalue weighted by Crippen LogP contribution is 2.32. The number of thiophene rings is 1. The van der Waals surface area contributed by atoms with Gasteiger partial charge in [0.15, 0.2) is 0 Å². The van der Waals surface area contributed by atoms with Crippen molar-refractivity contribution in [2.75, 3.05) is 23.5 Å². The first-order chi connectivity index (χ1) is 9.68. The summed E-state index contributed by atoms with van der Waals surface area (Å²) in [6, 6.07) is 2.04. The Hall–Kier alpha value is -1.05. The van der Waals surface area contributed by atoms with E-state index in [1.807, 2.05) is 23.2 Å². The van der Waals surface area contributed by atoms with Gasteiger partial charge in [-0.1, -0.05) is 13.8 Å². The van der Waals surface area contributed by atoms with Gasteiger partial charge in [-0.2, -0.15) is 16.7 Å². The first-order valence-corrected chi connectivity index (χ1v) is 8.79. The maximum absolute atomic E-state index is 5.44. The molecule has 2 aromatic rings. The molecule has 0 radical (unpaired) electrons. The third kappa shape index (κ3) is 2.99. The molecular formula is C13H21N5S2. The summed E-state index contributed by atoms with van der Waals surface area (Å²) in [5, 5.41) is 6.55. The first kappa shape index (κ1) is 15.3. The van der Waals surface area contributed by atoms with Crippen molar-refractivity contribution < 1.29 is 0 Å². The van der Waals surface area contributed by atoms with Gasteiger partial charge in [-0.3, -0.25) is 5.43 Å². The van der Waals surface area contributed by atoms with Gasteiger partial charge in [0.1, 0.15) is 10.6 Å². The van der Waals surface area contributed by atoms with Crippen LogP contribution in [0.15, 0.2) is 11.4 Å². The number of hydrazine groups is 1. The van der Waals surface area contributed by atoms with Crippen LogP contribution in [0.2, 0.25) is 0 Å². The summed E-state index contributed by atoms with van der Waals surface area (Å²) in [5.41, 5.74) is 2.53. The molecule has 110 valence electrons. The highest BCUT2D eigenvalue weighted by molar-refractivity contribution is 8.00. The van der Waals surface area contributed by atoms with Crippen LogP contribution in [0.3, 0.4) is 0 Å². The molecule has 20 heavy (non-hydrogen) atoms. The van der Waals surface area contributed by atoms with Gasteiger partial charge < -0.3 is 5.32 Å². The number of fused-ring (bicyclic) bond motifs is 1. The Kier molecular flexibility index (Phi) is 5.06. The summed E-state index contributed by atoms with van der Waals surface area (Å²) < 4.78 is 0.240. The summed E-state index contributed by atoms with van der Waals surface area (Å²) in [6.07, 6.45) is 4.41. The van der Waals surface area contributed by atoms with E-state index in [0.717, 1.165) is 35.4 Å². The van der Waals surface area contributed by atoms with Crippen molar-refractivity contribution in [3.05, 3.63) is 11.4 Å². The number of hydrogen-bond donors (Lipinski definition) is 3. The topological polar surface area (TPSA) is 75.9 Å². The van der Waals surface area contributed by atoms with Crippen LogP contribution in [0.4, 0.5) is 11.8 Å². The molecule has 7 heteroatoms. The molecule has 0 aliphatic rings. The van der Waals surface area contributed by atoms with Gasteiger partial charge in [-0.25, -0.2) is 10.8 Å². The van der Waals surface area contributed by atoms with Gasteiger partial charge in [0.05, 0.1) is 5.39 Å². The molecule has 4 N–H and O–H groups in total. The number of nitrogen functional groups attached to an aromatic ring is 1. The zero-order chi connectivity index (χ0) is 14.6. The van der Waals surface area contributed by atoms with Crippen LogP contribution in [-0.2, 0) is 0 Å². The fraction of sp³-hybridized carbons (Fsp3) is 0.538. The zero-order valence-electron chi connectivity index (χ0n) is 12.1. The predicted octanol–water partition coefficient (Wildman–Crippen LogP) is 3.31. The summed E-state index contributed by atoms with van der Waals surface area (Å²) in [4.78, 5) is 9.72. The Balaban J connectivity index is 2.26. The molecule has 2 heterocycles. The molecule has 0 aromatic carbocycles. The van der Waals surface area contributed by atoms with Crippen molar-refractivity contribution in [3.8, 4) is 0 Å². The van der Waals surface area contributed by atoms with E-state index < -0.39 is 0 Å². The number of anilines is 2. The van der Waals surface area contributed by atoms with Crippen molar-refractivity contribution in [2.45, 2.75) is 31.4 Å². The lowest BCUT2D eigenvalue weighted by molar-refractivity contribution is 0.574. The quantitative estimate of drug-likeness (QED) is 0.538. The van der Waals surface area contributed by atoms with Crippen molar-refractivity contribution in [1.82, 2.24) is 9.97 Å². The van der Waals surface area contributed by atoms with Gasteiger partial charge in [-0.05, 0) is 30.5 Å². The molecule has 0 bridgehead atoms. The predicted molar refractivity (Wildman–Crippen MR) is 90.5 cm³/mol. The molecule has 0 spiro atoms. The summed E-state index contributed by atoms with van der Waals surface area (Å²) in [7, 11) is 0. The molecule has 0 unspecified atom stereocenters. The van der Waals surface area contributed by atoms with Gasteiger partial charge >= 0.3 is 0 Å². The minimum Gasteiger partial charge on any atom is -0.368 e. The number of thioether (sulfide) groups is 1. The van der Waals surface area contributed by atoms with E-state index in [2.05, 4.69) is 40.8 Å². The van der Waals surface area contributed by atoms with E-state index in [4.69, 9.17) is 5.84 Å². The summed E-state index contributed by atoms with van der Waals surface area (Å²) in [6.45, 7) is 5.34. The third-order valence-corrected chi connectivity index (χ3v) is 6.15. The average molecular weight is 311 g/mol. The fourth-order valence-electron chi connectivity index (χ4n) is 2.16. The number of aromatic nitrogens is 2. The number of nitrogens with one attached hydrogen (secondary N) is 2. The molecule has 0 saturated heterocycles. The molecule has 0 amide bonds. The van der Waals surface area contributed by atoms with E-state index in [-0.39, 0.29) is 4.75 Å².